The molecule has 18 heavy (non-hydrogen) atoms. The van der Waals surface area contributed by atoms with Crippen molar-refractivity contribution < 1.29 is 0 Å². The van der Waals surface area contributed by atoms with E-state index in [4.69, 9.17) is 0 Å². The molecule has 1 heteroatoms. The quantitative estimate of drug-likeness (QED) is 0.814. The highest BCUT2D eigenvalue weighted by atomic mass is 14.9. The third kappa shape index (κ3) is 4.01. The molecule has 2 aromatic rings. The molecule has 0 saturated heterocycles. The van der Waals surface area contributed by atoms with Gasteiger partial charge in [-0.1, -0.05) is 60.7 Å². The fraction of sp³-hybridized carbons (Fsp3) is 0.294. The average molecular weight is 239 g/mol. The summed E-state index contributed by atoms with van der Waals surface area (Å²) in [5, 5.41) is 3.42. The number of nitrogens with one attached hydrogen (secondary N) is 1. The van der Waals surface area contributed by atoms with Crippen LogP contribution in [-0.2, 0) is 12.8 Å². The third-order valence-corrected chi connectivity index (χ3v) is 3.36. The molecule has 2 aromatic carbocycles. The summed E-state index contributed by atoms with van der Waals surface area (Å²) in [6, 6.07) is 21.9. The molecule has 0 heterocycles. The number of rotatable bonds is 6. The van der Waals surface area contributed by atoms with Gasteiger partial charge in [-0.25, -0.2) is 0 Å². The zero-order valence-electron chi connectivity index (χ0n) is 11.0. The van der Waals surface area contributed by atoms with E-state index in [2.05, 4.69) is 73.0 Å². The first-order valence-corrected chi connectivity index (χ1v) is 6.63. The second-order valence-corrected chi connectivity index (χ2v) is 4.70. The Morgan fingerprint density at radius 1 is 0.833 bits per heavy atom. The molecule has 0 aromatic heterocycles. The molecule has 0 saturated carbocycles. The molecule has 0 radical (unpaired) electrons. The Morgan fingerprint density at radius 2 is 1.39 bits per heavy atom. The van der Waals surface area contributed by atoms with Crippen LogP contribution in [-0.4, -0.2) is 13.1 Å². The monoisotopic (exact) mass is 239 g/mol. The number of likely N-dealkylation sites (N-methyl/N-ethyl adjacent to an activating group) is 1. The first-order valence-electron chi connectivity index (χ1n) is 6.63. The normalized spacial score (nSPS) is 12.3. The van der Waals surface area contributed by atoms with Crippen LogP contribution in [0, 0.1) is 0 Å². The Balaban J connectivity index is 1.86. The lowest BCUT2D eigenvalue weighted by molar-refractivity contribution is 0.520. The summed E-state index contributed by atoms with van der Waals surface area (Å²) < 4.78 is 0. The van der Waals surface area contributed by atoms with Gasteiger partial charge >= 0.3 is 0 Å². The summed E-state index contributed by atoms with van der Waals surface area (Å²) in [6.45, 7) is 0. The second-order valence-electron chi connectivity index (χ2n) is 4.70. The van der Waals surface area contributed by atoms with Crippen molar-refractivity contribution in [2.45, 2.75) is 25.3 Å². The molecule has 1 N–H and O–H groups in total. The Bertz CT molecular complexity index is 436. The summed E-state index contributed by atoms with van der Waals surface area (Å²) in [5.74, 6) is 0. The summed E-state index contributed by atoms with van der Waals surface area (Å²) in [4.78, 5) is 0. The predicted molar refractivity (Wildman–Crippen MR) is 77.8 cm³/mol. The molecule has 1 unspecified atom stereocenters. The largest absolute Gasteiger partial charge is 0.317 e. The zero-order chi connectivity index (χ0) is 12.6. The standard InChI is InChI=1S/C17H21N/c1-18-17(14-16-10-6-3-7-11-16)13-12-15-8-4-2-5-9-15/h2-11,17-18H,12-14H2,1H3. The minimum atomic E-state index is 0.549. The lowest BCUT2D eigenvalue weighted by atomic mass is 9.99. The molecular weight excluding hydrogens is 218 g/mol. The SMILES string of the molecule is CNC(CCc1ccccc1)Cc1ccccc1. The summed E-state index contributed by atoms with van der Waals surface area (Å²) in [7, 11) is 2.05. The van der Waals surface area contributed by atoms with Gasteiger partial charge in [-0.15, -0.1) is 0 Å². The molecule has 2 rings (SSSR count). The van der Waals surface area contributed by atoms with Crippen LogP contribution < -0.4 is 5.32 Å². The maximum absolute atomic E-state index is 3.42. The fourth-order valence-corrected chi connectivity index (χ4v) is 2.23. The van der Waals surface area contributed by atoms with E-state index < -0.39 is 0 Å². The number of hydrogen-bond donors (Lipinski definition) is 1. The van der Waals surface area contributed by atoms with Gasteiger partial charge in [0.15, 0.2) is 0 Å². The number of hydrogen-bond acceptors (Lipinski definition) is 1. The van der Waals surface area contributed by atoms with E-state index in [1.165, 1.54) is 17.5 Å². The van der Waals surface area contributed by atoms with Gasteiger partial charge in [0.05, 0.1) is 0 Å². The summed E-state index contributed by atoms with van der Waals surface area (Å²) in [6.07, 6.45) is 3.42. The van der Waals surface area contributed by atoms with Crippen LogP contribution in [0.15, 0.2) is 60.7 Å². The van der Waals surface area contributed by atoms with Crippen LogP contribution in [0.25, 0.3) is 0 Å². The molecular formula is C17H21N. The van der Waals surface area contributed by atoms with E-state index >= 15 is 0 Å². The lowest BCUT2D eigenvalue weighted by Crippen LogP contribution is -2.28. The highest BCUT2D eigenvalue weighted by molar-refractivity contribution is 5.17. The van der Waals surface area contributed by atoms with Crippen molar-refractivity contribution >= 4 is 0 Å². The molecule has 0 aliphatic rings. The van der Waals surface area contributed by atoms with Crippen molar-refractivity contribution in [3.63, 3.8) is 0 Å². The minimum absolute atomic E-state index is 0.549. The fourth-order valence-electron chi connectivity index (χ4n) is 2.23. The van der Waals surface area contributed by atoms with Gasteiger partial charge in [0.2, 0.25) is 0 Å². The Morgan fingerprint density at radius 3 is 1.94 bits per heavy atom. The van der Waals surface area contributed by atoms with Gasteiger partial charge < -0.3 is 5.32 Å². The maximum Gasteiger partial charge on any atom is 0.0108 e. The number of aryl methyl sites for hydroxylation is 1. The zero-order valence-corrected chi connectivity index (χ0v) is 11.0. The molecule has 0 amide bonds. The molecule has 0 bridgehead atoms. The van der Waals surface area contributed by atoms with Crippen molar-refractivity contribution in [3.05, 3.63) is 71.8 Å². The minimum Gasteiger partial charge on any atom is -0.317 e. The van der Waals surface area contributed by atoms with E-state index in [9.17, 15) is 0 Å². The topological polar surface area (TPSA) is 12.0 Å². The predicted octanol–water partition coefficient (Wildman–Crippen LogP) is 3.45. The maximum atomic E-state index is 3.42. The van der Waals surface area contributed by atoms with Gasteiger partial charge in [-0.05, 0) is 37.4 Å². The third-order valence-electron chi connectivity index (χ3n) is 3.36. The van der Waals surface area contributed by atoms with Gasteiger partial charge in [0.25, 0.3) is 0 Å². The van der Waals surface area contributed by atoms with E-state index in [0.29, 0.717) is 6.04 Å². The van der Waals surface area contributed by atoms with Gasteiger partial charge in [0.1, 0.15) is 0 Å². The Labute approximate surface area is 110 Å². The molecule has 0 aliphatic heterocycles. The van der Waals surface area contributed by atoms with Crippen molar-refractivity contribution in [1.82, 2.24) is 5.32 Å². The number of benzene rings is 2. The first-order chi connectivity index (χ1) is 8.88. The highest BCUT2D eigenvalue weighted by Crippen LogP contribution is 2.09. The lowest BCUT2D eigenvalue weighted by Gasteiger charge is -2.16. The van der Waals surface area contributed by atoms with E-state index in [-0.39, 0.29) is 0 Å². The van der Waals surface area contributed by atoms with Crippen molar-refractivity contribution in [2.24, 2.45) is 0 Å². The highest BCUT2D eigenvalue weighted by Gasteiger charge is 2.07. The summed E-state index contributed by atoms with van der Waals surface area (Å²) >= 11 is 0. The van der Waals surface area contributed by atoms with E-state index in [1.54, 1.807) is 0 Å². The van der Waals surface area contributed by atoms with Gasteiger partial charge in [-0.3, -0.25) is 0 Å². The van der Waals surface area contributed by atoms with E-state index in [0.717, 1.165) is 12.8 Å². The van der Waals surface area contributed by atoms with Crippen LogP contribution >= 0.6 is 0 Å². The molecule has 0 spiro atoms. The van der Waals surface area contributed by atoms with Crippen LogP contribution in [0.1, 0.15) is 17.5 Å². The van der Waals surface area contributed by atoms with Crippen LogP contribution in [0.4, 0.5) is 0 Å². The van der Waals surface area contributed by atoms with E-state index in [1.807, 2.05) is 0 Å². The second kappa shape index (κ2) is 6.97. The Hall–Kier alpha value is -1.60. The molecule has 0 aliphatic carbocycles. The molecule has 94 valence electrons. The summed E-state index contributed by atoms with van der Waals surface area (Å²) in [5.41, 5.74) is 2.83. The van der Waals surface area contributed by atoms with Gasteiger partial charge in [0, 0.05) is 6.04 Å². The van der Waals surface area contributed by atoms with Crippen LogP contribution in [0.3, 0.4) is 0 Å². The van der Waals surface area contributed by atoms with Gasteiger partial charge in [-0.2, -0.15) is 0 Å². The van der Waals surface area contributed by atoms with Crippen LogP contribution in [0.2, 0.25) is 0 Å². The molecule has 1 atom stereocenters. The average Bonchev–Trinajstić information content (AvgIpc) is 2.45. The smallest absolute Gasteiger partial charge is 0.0108 e. The van der Waals surface area contributed by atoms with Crippen molar-refractivity contribution in [1.29, 1.82) is 0 Å². The molecule has 0 fully saturated rings. The molecule has 1 nitrogen and oxygen atoms in total. The van der Waals surface area contributed by atoms with Crippen molar-refractivity contribution in [2.75, 3.05) is 7.05 Å². The van der Waals surface area contributed by atoms with Crippen molar-refractivity contribution in [3.8, 4) is 0 Å². The van der Waals surface area contributed by atoms with Crippen LogP contribution in [0.5, 0.6) is 0 Å². The Kier molecular flexibility index (Phi) is 4.98. The first kappa shape index (κ1) is 12.8.